The molecule has 106 valence electrons. The number of anilines is 1. The van der Waals surface area contributed by atoms with E-state index in [0.717, 1.165) is 18.4 Å². The summed E-state index contributed by atoms with van der Waals surface area (Å²) < 4.78 is 5.60. The molecule has 2 unspecified atom stereocenters. The van der Waals surface area contributed by atoms with Crippen LogP contribution >= 0.6 is 0 Å². The molecule has 19 heavy (non-hydrogen) atoms. The van der Waals surface area contributed by atoms with Crippen LogP contribution in [0, 0.1) is 6.92 Å². The number of hydrogen-bond donors (Lipinski definition) is 2. The minimum Gasteiger partial charge on any atom is -0.479 e. The molecule has 0 heterocycles. The molecule has 0 aliphatic rings. The lowest BCUT2D eigenvalue weighted by Gasteiger charge is -2.19. The van der Waals surface area contributed by atoms with Gasteiger partial charge in [0.1, 0.15) is 5.75 Å². The Morgan fingerprint density at radius 1 is 1.42 bits per heavy atom. The third kappa shape index (κ3) is 4.81. The average molecular weight is 264 g/mol. The normalized spacial score (nSPS) is 13.7. The number of ether oxygens (including phenoxy) is 1. The van der Waals surface area contributed by atoms with E-state index >= 15 is 0 Å². The first-order valence-electron chi connectivity index (χ1n) is 6.77. The van der Waals surface area contributed by atoms with Crippen LogP contribution in [-0.2, 0) is 4.79 Å². The molecule has 1 aromatic rings. The van der Waals surface area contributed by atoms with Crippen LogP contribution in [0.5, 0.6) is 5.75 Å². The second-order valence-electron chi connectivity index (χ2n) is 5.00. The van der Waals surface area contributed by atoms with Gasteiger partial charge in [0.15, 0.2) is 6.10 Å². The maximum absolute atomic E-state index is 11.9. The molecule has 0 saturated carbocycles. The lowest BCUT2D eigenvalue weighted by molar-refractivity contribution is -0.127. The first kappa shape index (κ1) is 15.3. The number of amides is 1. The number of nitrogens with two attached hydrogens (primary N) is 1. The predicted octanol–water partition coefficient (Wildman–Crippen LogP) is 2.65. The third-order valence-electron chi connectivity index (χ3n) is 2.95. The van der Waals surface area contributed by atoms with E-state index in [1.54, 1.807) is 13.0 Å². The first-order chi connectivity index (χ1) is 8.93. The van der Waals surface area contributed by atoms with Crippen LogP contribution < -0.4 is 15.8 Å². The quantitative estimate of drug-likeness (QED) is 0.776. The van der Waals surface area contributed by atoms with Crippen LogP contribution in [0.15, 0.2) is 18.2 Å². The fourth-order valence-electron chi connectivity index (χ4n) is 1.88. The highest BCUT2D eigenvalue weighted by atomic mass is 16.5. The predicted molar refractivity (Wildman–Crippen MR) is 78.2 cm³/mol. The van der Waals surface area contributed by atoms with Crippen molar-refractivity contribution in [3.05, 3.63) is 23.8 Å². The second kappa shape index (κ2) is 7.02. The number of rotatable bonds is 6. The number of benzene rings is 1. The zero-order valence-corrected chi connectivity index (χ0v) is 12.2. The Morgan fingerprint density at radius 2 is 2.11 bits per heavy atom. The summed E-state index contributed by atoms with van der Waals surface area (Å²) in [6, 6.07) is 5.71. The number of nitrogen functional groups attached to an aromatic ring is 1. The van der Waals surface area contributed by atoms with Crippen LogP contribution in [0.1, 0.15) is 39.2 Å². The summed E-state index contributed by atoms with van der Waals surface area (Å²) in [4.78, 5) is 11.9. The van der Waals surface area contributed by atoms with Crippen molar-refractivity contribution >= 4 is 11.6 Å². The van der Waals surface area contributed by atoms with Gasteiger partial charge in [-0.05, 0) is 44.9 Å². The second-order valence-corrected chi connectivity index (χ2v) is 5.00. The van der Waals surface area contributed by atoms with E-state index in [-0.39, 0.29) is 11.9 Å². The van der Waals surface area contributed by atoms with Crippen molar-refractivity contribution in [2.75, 3.05) is 5.73 Å². The van der Waals surface area contributed by atoms with Crippen molar-refractivity contribution in [2.45, 2.75) is 52.7 Å². The van der Waals surface area contributed by atoms with Gasteiger partial charge < -0.3 is 15.8 Å². The summed E-state index contributed by atoms with van der Waals surface area (Å²) in [7, 11) is 0. The Kier molecular flexibility index (Phi) is 5.67. The fraction of sp³-hybridized carbons (Fsp3) is 0.533. The zero-order valence-electron chi connectivity index (χ0n) is 12.2. The van der Waals surface area contributed by atoms with E-state index in [1.165, 1.54) is 0 Å². The van der Waals surface area contributed by atoms with E-state index in [4.69, 9.17) is 10.5 Å². The van der Waals surface area contributed by atoms with Crippen molar-refractivity contribution < 1.29 is 9.53 Å². The number of nitrogens with one attached hydrogen (secondary N) is 1. The molecule has 0 bridgehead atoms. The Labute approximate surface area is 115 Å². The van der Waals surface area contributed by atoms with Gasteiger partial charge in [-0.1, -0.05) is 19.4 Å². The monoisotopic (exact) mass is 264 g/mol. The van der Waals surface area contributed by atoms with Gasteiger partial charge in [0.2, 0.25) is 0 Å². The largest absolute Gasteiger partial charge is 0.479 e. The lowest BCUT2D eigenvalue weighted by Crippen LogP contribution is -2.41. The Bertz CT molecular complexity index is 432. The standard InChI is InChI=1S/C15H24N2O2/c1-5-6-11(3)17-15(18)12(4)19-14-8-7-10(2)9-13(14)16/h7-9,11-12H,5-6,16H2,1-4H3,(H,17,18). The highest BCUT2D eigenvalue weighted by molar-refractivity contribution is 5.81. The van der Waals surface area contributed by atoms with Gasteiger partial charge in [-0.25, -0.2) is 0 Å². The third-order valence-corrected chi connectivity index (χ3v) is 2.95. The first-order valence-corrected chi connectivity index (χ1v) is 6.77. The summed E-state index contributed by atoms with van der Waals surface area (Å²) in [5, 5.41) is 2.93. The molecule has 2 atom stereocenters. The molecule has 1 aromatic carbocycles. The van der Waals surface area contributed by atoms with Gasteiger partial charge in [-0.15, -0.1) is 0 Å². The minimum atomic E-state index is -0.552. The molecule has 0 radical (unpaired) electrons. The van der Waals surface area contributed by atoms with Crippen LogP contribution in [0.3, 0.4) is 0 Å². The molecule has 0 aliphatic carbocycles. The molecule has 1 rings (SSSR count). The van der Waals surface area contributed by atoms with Crippen LogP contribution in [-0.4, -0.2) is 18.1 Å². The smallest absolute Gasteiger partial charge is 0.260 e. The molecular formula is C15H24N2O2. The van der Waals surface area contributed by atoms with Crippen molar-refractivity contribution in [2.24, 2.45) is 0 Å². The van der Waals surface area contributed by atoms with Crippen molar-refractivity contribution in [1.29, 1.82) is 0 Å². The van der Waals surface area contributed by atoms with Gasteiger partial charge >= 0.3 is 0 Å². The molecule has 4 nitrogen and oxygen atoms in total. The van der Waals surface area contributed by atoms with Gasteiger partial charge in [0.05, 0.1) is 5.69 Å². The highest BCUT2D eigenvalue weighted by Crippen LogP contribution is 2.23. The van der Waals surface area contributed by atoms with Crippen molar-refractivity contribution in [1.82, 2.24) is 5.32 Å². The Hall–Kier alpha value is -1.71. The van der Waals surface area contributed by atoms with Gasteiger partial charge in [-0.3, -0.25) is 4.79 Å². The maximum atomic E-state index is 11.9. The van der Waals surface area contributed by atoms with E-state index < -0.39 is 6.10 Å². The fourth-order valence-corrected chi connectivity index (χ4v) is 1.88. The van der Waals surface area contributed by atoms with E-state index in [2.05, 4.69) is 12.2 Å². The number of carbonyl (C=O) groups is 1. The zero-order chi connectivity index (χ0) is 14.4. The lowest BCUT2D eigenvalue weighted by atomic mass is 10.2. The molecule has 3 N–H and O–H groups in total. The number of carbonyl (C=O) groups excluding carboxylic acids is 1. The van der Waals surface area contributed by atoms with Gasteiger partial charge in [0, 0.05) is 6.04 Å². The average Bonchev–Trinajstić information content (AvgIpc) is 2.32. The molecule has 0 saturated heterocycles. The van der Waals surface area contributed by atoms with Gasteiger partial charge in [0.25, 0.3) is 5.91 Å². The molecule has 1 amide bonds. The Morgan fingerprint density at radius 3 is 2.68 bits per heavy atom. The minimum absolute atomic E-state index is 0.110. The maximum Gasteiger partial charge on any atom is 0.260 e. The molecule has 0 fully saturated rings. The Balaban J connectivity index is 2.58. The highest BCUT2D eigenvalue weighted by Gasteiger charge is 2.17. The van der Waals surface area contributed by atoms with Crippen molar-refractivity contribution in [3.8, 4) is 5.75 Å². The SMILES string of the molecule is CCCC(C)NC(=O)C(C)Oc1ccc(C)cc1N. The van der Waals surface area contributed by atoms with Crippen LogP contribution in [0.4, 0.5) is 5.69 Å². The summed E-state index contributed by atoms with van der Waals surface area (Å²) in [6.07, 6.45) is 1.46. The topological polar surface area (TPSA) is 64.3 Å². The number of aryl methyl sites for hydroxylation is 1. The molecule has 4 heteroatoms. The van der Waals surface area contributed by atoms with Crippen LogP contribution in [0.25, 0.3) is 0 Å². The summed E-state index contributed by atoms with van der Waals surface area (Å²) in [6.45, 7) is 7.78. The summed E-state index contributed by atoms with van der Waals surface area (Å²) >= 11 is 0. The molecule has 0 aliphatic heterocycles. The summed E-state index contributed by atoms with van der Waals surface area (Å²) in [5.74, 6) is 0.442. The van der Waals surface area contributed by atoms with E-state index in [1.807, 2.05) is 26.0 Å². The van der Waals surface area contributed by atoms with Crippen molar-refractivity contribution in [3.63, 3.8) is 0 Å². The molecule has 0 spiro atoms. The van der Waals surface area contributed by atoms with Crippen LogP contribution in [0.2, 0.25) is 0 Å². The summed E-state index contributed by atoms with van der Waals surface area (Å²) in [5.41, 5.74) is 7.49. The van der Waals surface area contributed by atoms with E-state index in [9.17, 15) is 4.79 Å². The number of hydrogen-bond acceptors (Lipinski definition) is 3. The van der Waals surface area contributed by atoms with E-state index in [0.29, 0.717) is 11.4 Å². The molecular weight excluding hydrogens is 240 g/mol. The molecule has 0 aromatic heterocycles. The van der Waals surface area contributed by atoms with Gasteiger partial charge in [-0.2, -0.15) is 0 Å².